The molecule has 0 radical (unpaired) electrons. The third kappa shape index (κ3) is 6.08. The minimum atomic E-state index is -4.43. The fourth-order valence-electron chi connectivity index (χ4n) is 3.07. The summed E-state index contributed by atoms with van der Waals surface area (Å²) in [5.74, 6) is -0.667. The molecule has 0 aromatic heterocycles. The van der Waals surface area contributed by atoms with E-state index in [1.165, 1.54) is 17.0 Å². The second-order valence-electron chi connectivity index (χ2n) is 6.90. The summed E-state index contributed by atoms with van der Waals surface area (Å²) in [7, 11) is 0. The first-order chi connectivity index (χ1) is 12.8. The first-order valence-corrected chi connectivity index (χ1v) is 9.05. The van der Waals surface area contributed by atoms with Gasteiger partial charge < -0.3 is 16.0 Å². The van der Waals surface area contributed by atoms with Gasteiger partial charge in [0.25, 0.3) is 5.91 Å². The minimum absolute atomic E-state index is 0. The van der Waals surface area contributed by atoms with Crippen LogP contribution in [-0.2, 0) is 4.79 Å². The maximum atomic E-state index is 13.4. The van der Waals surface area contributed by atoms with E-state index in [1.807, 2.05) is 0 Å². The quantitative estimate of drug-likeness (QED) is 0.658. The van der Waals surface area contributed by atoms with E-state index in [1.54, 1.807) is 12.1 Å². The summed E-state index contributed by atoms with van der Waals surface area (Å²) in [6, 6.07) is 4.51. The standard InChI is InChI=1S/C18H23F3N4O2.ClH/c19-18(20,21)15(25-8-6-22-7-9-25)11-23-16(26)13-2-1-3-14(10-13)24-17(27)12-4-5-12;/h1-3,10,12,15,22H,4-9,11H2,(H,23,26)(H,24,27);1H. The molecule has 1 atom stereocenters. The van der Waals surface area contributed by atoms with Crippen molar-refractivity contribution in [1.29, 1.82) is 0 Å². The molecule has 1 unspecified atom stereocenters. The largest absolute Gasteiger partial charge is 0.405 e. The number of hydrogen-bond donors (Lipinski definition) is 3. The zero-order valence-electron chi connectivity index (χ0n) is 15.2. The van der Waals surface area contributed by atoms with Crippen LogP contribution in [0.25, 0.3) is 0 Å². The number of amides is 2. The van der Waals surface area contributed by atoms with E-state index in [2.05, 4.69) is 16.0 Å². The second-order valence-corrected chi connectivity index (χ2v) is 6.90. The highest BCUT2D eigenvalue weighted by atomic mass is 35.5. The molecule has 3 N–H and O–H groups in total. The smallest absolute Gasteiger partial charge is 0.350 e. The number of alkyl halides is 3. The number of nitrogens with zero attached hydrogens (tertiary/aromatic N) is 1. The van der Waals surface area contributed by atoms with Crippen LogP contribution < -0.4 is 16.0 Å². The zero-order valence-corrected chi connectivity index (χ0v) is 16.0. The maximum absolute atomic E-state index is 13.4. The molecule has 3 rings (SSSR count). The van der Waals surface area contributed by atoms with Gasteiger partial charge in [0.15, 0.2) is 0 Å². The molecule has 1 aromatic carbocycles. The van der Waals surface area contributed by atoms with Crippen molar-refractivity contribution in [2.75, 3.05) is 38.0 Å². The van der Waals surface area contributed by atoms with Crippen LogP contribution in [0.3, 0.4) is 0 Å². The van der Waals surface area contributed by atoms with Crippen LogP contribution in [-0.4, -0.2) is 61.7 Å². The average Bonchev–Trinajstić information content (AvgIpc) is 3.47. The highest BCUT2D eigenvalue weighted by Gasteiger charge is 2.43. The van der Waals surface area contributed by atoms with Gasteiger partial charge in [-0.05, 0) is 31.0 Å². The van der Waals surface area contributed by atoms with E-state index in [0.29, 0.717) is 18.8 Å². The van der Waals surface area contributed by atoms with E-state index in [0.717, 1.165) is 12.8 Å². The minimum Gasteiger partial charge on any atom is -0.350 e. The Kier molecular flexibility index (Phi) is 7.68. The van der Waals surface area contributed by atoms with Crippen molar-refractivity contribution in [3.05, 3.63) is 29.8 Å². The maximum Gasteiger partial charge on any atom is 0.405 e. The number of benzene rings is 1. The fourth-order valence-corrected chi connectivity index (χ4v) is 3.07. The Morgan fingerprint density at radius 1 is 1.21 bits per heavy atom. The van der Waals surface area contributed by atoms with Crippen LogP contribution in [0.2, 0.25) is 0 Å². The van der Waals surface area contributed by atoms with Gasteiger partial charge in [-0.2, -0.15) is 13.2 Å². The molecule has 1 aromatic rings. The van der Waals surface area contributed by atoms with Gasteiger partial charge in [0.1, 0.15) is 6.04 Å². The SMILES string of the molecule is Cl.O=C(NCC(N1CCNCC1)C(F)(F)F)c1cccc(NC(=O)C2CC2)c1. The van der Waals surface area contributed by atoms with Gasteiger partial charge in [-0.25, -0.2) is 0 Å². The van der Waals surface area contributed by atoms with Crippen LogP contribution >= 0.6 is 12.4 Å². The van der Waals surface area contributed by atoms with Crippen molar-refractivity contribution in [3.63, 3.8) is 0 Å². The number of hydrogen-bond acceptors (Lipinski definition) is 4. The van der Waals surface area contributed by atoms with Crippen molar-refractivity contribution in [3.8, 4) is 0 Å². The van der Waals surface area contributed by atoms with Crippen molar-refractivity contribution in [1.82, 2.24) is 15.5 Å². The molecule has 1 saturated heterocycles. The molecule has 1 heterocycles. The second kappa shape index (κ2) is 9.58. The molecule has 2 fully saturated rings. The molecule has 2 aliphatic rings. The van der Waals surface area contributed by atoms with Gasteiger partial charge >= 0.3 is 6.18 Å². The van der Waals surface area contributed by atoms with E-state index < -0.39 is 24.7 Å². The number of anilines is 1. The van der Waals surface area contributed by atoms with Crippen LogP contribution in [0.15, 0.2) is 24.3 Å². The predicted molar refractivity (Wildman–Crippen MR) is 102 cm³/mol. The number of carbonyl (C=O) groups excluding carboxylic acids is 2. The molecule has 10 heteroatoms. The molecule has 1 aliphatic heterocycles. The summed E-state index contributed by atoms with van der Waals surface area (Å²) in [5.41, 5.74) is 0.679. The number of nitrogens with one attached hydrogen (secondary N) is 3. The molecular weight excluding hydrogens is 397 g/mol. The highest BCUT2D eigenvalue weighted by Crippen LogP contribution is 2.30. The number of halogens is 4. The molecule has 1 aliphatic carbocycles. The molecule has 0 bridgehead atoms. The van der Waals surface area contributed by atoms with Gasteiger partial charge in [-0.3, -0.25) is 14.5 Å². The van der Waals surface area contributed by atoms with E-state index in [-0.39, 0.29) is 42.9 Å². The molecule has 0 spiro atoms. The van der Waals surface area contributed by atoms with E-state index >= 15 is 0 Å². The van der Waals surface area contributed by atoms with Gasteiger partial charge in [-0.1, -0.05) is 6.07 Å². The molecule has 156 valence electrons. The Balaban J connectivity index is 0.00000280. The van der Waals surface area contributed by atoms with Crippen LogP contribution in [0.4, 0.5) is 18.9 Å². The molecule has 28 heavy (non-hydrogen) atoms. The molecule has 6 nitrogen and oxygen atoms in total. The number of carbonyl (C=O) groups is 2. The van der Waals surface area contributed by atoms with Crippen LogP contribution in [0.5, 0.6) is 0 Å². The fraction of sp³-hybridized carbons (Fsp3) is 0.556. The van der Waals surface area contributed by atoms with Gasteiger partial charge in [0.05, 0.1) is 0 Å². The van der Waals surface area contributed by atoms with Crippen molar-refractivity contribution in [2.45, 2.75) is 25.1 Å². The summed E-state index contributed by atoms with van der Waals surface area (Å²) in [6.45, 7) is 1.03. The molecule has 2 amide bonds. The highest BCUT2D eigenvalue weighted by molar-refractivity contribution is 5.98. The summed E-state index contributed by atoms with van der Waals surface area (Å²) < 4.78 is 40.2. The lowest BCUT2D eigenvalue weighted by molar-refractivity contribution is -0.183. The Bertz CT molecular complexity index is 692. The summed E-state index contributed by atoms with van der Waals surface area (Å²) in [6.07, 6.45) is -2.71. The van der Waals surface area contributed by atoms with Crippen molar-refractivity contribution in [2.24, 2.45) is 5.92 Å². The summed E-state index contributed by atoms with van der Waals surface area (Å²) >= 11 is 0. The van der Waals surface area contributed by atoms with E-state index in [9.17, 15) is 22.8 Å². The topological polar surface area (TPSA) is 73.5 Å². The van der Waals surface area contributed by atoms with Crippen LogP contribution in [0.1, 0.15) is 23.2 Å². The molecular formula is C18H24ClF3N4O2. The third-order valence-electron chi connectivity index (χ3n) is 4.77. The third-order valence-corrected chi connectivity index (χ3v) is 4.77. The Labute approximate surface area is 167 Å². The summed E-state index contributed by atoms with van der Waals surface area (Å²) in [5, 5.41) is 8.13. The van der Waals surface area contributed by atoms with Gasteiger partial charge in [0, 0.05) is 49.9 Å². The van der Waals surface area contributed by atoms with Crippen molar-refractivity contribution < 1.29 is 22.8 Å². The monoisotopic (exact) mass is 420 g/mol. The summed E-state index contributed by atoms with van der Waals surface area (Å²) in [4.78, 5) is 25.5. The average molecular weight is 421 g/mol. The lowest BCUT2D eigenvalue weighted by Gasteiger charge is -2.35. The zero-order chi connectivity index (χ0) is 19.4. The van der Waals surface area contributed by atoms with E-state index in [4.69, 9.17) is 0 Å². The Hall–Kier alpha value is -1.84. The first-order valence-electron chi connectivity index (χ1n) is 9.05. The van der Waals surface area contributed by atoms with Crippen LogP contribution in [0, 0.1) is 5.92 Å². The Morgan fingerprint density at radius 3 is 2.50 bits per heavy atom. The lowest BCUT2D eigenvalue weighted by Crippen LogP contribution is -2.57. The van der Waals surface area contributed by atoms with Gasteiger partial charge in [-0.15, -0.1) is 12.4 Å². The first kappa shape index (κ1) is 22.4. The Morgan fingerprint density at radius 2 is 1.89 bits per heavy atom. The lowest BCUT2D eigenvalue weighted by atomic mass is 10.1. The normalized spacial score (nSPS) is 18.7. The number of piperazine rings is 1. The van der Waals surface area contributed by atoms with Crippen molar-refractivity contribution >= 4 is 29.9 Å². The predicted octanol–water partition coefficient (Wildman–Crippen LogP) is 2.02. The number of rotatable bonds is 6. The van der Waals surface area contributed by atoms with Gasteiger partial charge in [0.2, 0.25) is 5.91 Å². The molecule has 1 saturated carbocycles.